The van der Waals surface area contributed by atoms with Gasteiger partial charge in [-0.3, -0.25) is 0 Å². The Bertz CT molecular complexity index is 750. The summed E-state index contributed by atoms with van der Waals surface area (Å²) in [7, 11) is 0. The average molecular weight is 475 g/mol. The standard InChI is InChI=1S/C20H18Cl2F6S/c21-17-9-1-7-15(19(23,24)25)13(17)5-3-11-29-12-4-6-14-16(20(26,27)28)8-2-10-18(14)22/h1-2,7-10H,3-6,11-12H2. The lowest BCUT2D eigenvalue weighted by Gasteiger charge is -2.15. The maximum absolute atomic E-state index is 13.1. The summed E-state index contributed by atoms with van der Waals surface area (Å²) < 4.78 is 78.4. The highest BCUT2D eigenvalue weighted by Crippen LogP contribution is 2.37. The predicted molar refractivity (Wildman–Crippen MR) is 107 cm³/mol. The van der Waals surface area contributed by atoms with E-state index in [1.165, 1.54) is 36.0 Å². The van der Waals surface area contributed by atoms with Gasteiger partial charge in [-0.1, -0.05) is 35.3 Å². The number of benzene rings is 2. The van der Waals surface area contributed by atoms with Crippen LogP contribution in [0.1, 0.15) is 35.1 Å². The van der Waals surface area contributed by atoms with Crippen molar-refractivity contribution in [3.63, 3.8) is 0 Å². The van der Waals surface area contributed by atoms with Crippen molar-refractivity contribution < 1.29 is 26.3 Å². The molecule has 0 aromatic heterocycles. The van der Waals surface area contributed by atoms with E-state index in [0.717, 1.165) is 12.1 Å². The van der Waals surface area contributed by atoms with Crippen molar-refractivity contribution in [2.24, 2.45) is 0 Å². The molecule has 0 atom stereocenters. The maximum Gasteiger partial charge on any atom is 0.416 e. The molecule has 0 spiro atoms. The molecule has 0 nitrogen and oxygen atoms in total. The van der Waals surface area contributed by atoms with Gasteiger partial charge in [-0.2, -0.15) is 38.1 Å². The molecule has 0 aliphatic rings. The molecule has 29 heavy (non-hydrogen) atoms. The molecule has 2 aromatic rings. The molecule has 0 bridgehead atoms. The highest BCUT2D eigenvalue weighted by molar-refractivity contribution is 7.99. The predicted octanol–water partition coefficient (Wildman–Crippen LogP) is 8.33. The number of thioether (sulfide) groups is 1. The van der Waals surface area contributed by atoms with E-state index in [9.17, 15) is 26.3 Å². The molecule has 0 aliphatic heterocycles. The van der Waals surface area contributed by atoms with Gasteiger partial charge in [0.05, 0.1) is 11.1 Å². The van der Waals surface area contributed by atoms with E-state index in [1.807, 2.05) is 0 Å². The van der Waals surface area contributed by atoms with Crippen molar-refractivity contribution in [1.82, 2.24) is 0 Å². The first-order valence-corrected chi connectivity index (χ1v) is 10.7. The van der Waals surface area contributed by atoms with Gasteiger partial charge >= 0.3 is 12.4 Å². The first kappa shape index (κ1) is 24.2. The summed E-state index contributed by atoms with van der Waals surface area (Å²) in [6, 6.07) is 7.43. The van der Waals surface area contributed by atoms with E-state index in [1.54, 1.807) is 0 Å². The van der Waals surface area contributed by atoms with E-state index >= 15 is 0 Å². The van der Waals surface area contributed by atoms with Gasteiger partial charge in [0, 0.05) is 10.0 Å². The molecule has 0 saturated heterocycles. The summed E-state index contributed by atoms with van der Waals surface area (Å²) in [6.45, 7) is 0. The van der Waals surface area contributed by atoms with Gasteiger partial charge in [0.15, 0.2) is 0 Å². The number of rotatable bonds is 8. The van der Waals surface area contributed by atoms with Gasteiger partial charge < -0.3 is 0 Å². The second-order valence-electron chi connectivity index (χ2n) is 6.35. The second-order valence-corrected chi connectivity index (χ2v) is 8.39. The summed E-state index contributed by atoms with van der Waals surface area (Å²) in [4.78, 5) is 0. The highest BCUT2D eigenvalue weighted by atomic mass is 35.5. The van der Waals surface area contributed by atoms with Gasteiger partial charge in [-0.05, 0) is 72.6 Å². The Balaban J connectivity index is 1.82. The van der Waals surface area contributed by atoms with Crippen molar-refractivity contribution in [3.05, 3.63) is 68.7 Å². The average Bonchev–Trinajstić information content (AvgIpc) is 2.61. The van der Waals surface area contributed by atoms with Crippen LogP contribution in [0.2, 0.25) is 10.0 Å². The van der Waals surface area contributed by atoms with Gasteiger partial charge in [-0.25, -0.2) is 0 Å². The zero-order valence-corrected chi connectivity index (χ0v) is 17.5. The Kier molecular flexibility index (Phi) is 8.61. The third-order valence-corrected chi connectivity index (χ3v) is 6.14. The summed E-state index contributed by atoms with van der Waals surface area (Å²) in [5.74, 6) is 1.16. The topological polar surface area (TPSA) is 0 Å². The summed E-state index contributed by atoms with van der Waals surface area (Å²) >= 11 is 13.3. The highest BCUT2D eigenvalue weighted by Gasteiger charge is 2.34. The van der Waals surface area contributed by atoms with Gasteiger partial charge in [0.1, 0.15) is 0 Å². The minimum atomic E-state index is -4.46. The Morgan fingerprint density at radius 2 is 1.03 bits per heavy atom. The summed E-state index contributed by atoms with van der Waals surface area (Å²) in [5, 5.41) is 0.173. The second kappa shape index (κ2) is 10.3. The van der Waals surface area contributed by atoms with Crippen molar-refractivity contribution in [2.45, 2.75) is 38.0 Å². The smallest absolute Gasteiger partial charge is 0.166 e. The Morgan fingerprint density at radius 1 is 0.655 bits per heavy atom. The van der Waals surface area contributed by atoms with E-state index < -0.39 is 23.5 Å². The molecule has 0 unspecified atom stereocenters. The van der Waals surface area contributed by atoms with Crippen molar-refractivity contribution in [3.8, 4) is 0 Å². The summed E-state index contributed by atoms with van der Waals surface area (Å²) in [6.07, 6.45) is -7.58. The van der Waals surface area contributed by atoms with Crippen LogP contribution < -0.4 is 0 Å². The monoisotopic (exact) mass is 474 g/mol. The summed E-state index contributed by atoms with van der Waals surface area (Å²) in [5.41, 5.74) is -1.30. The molecule has 160 valence electrons. The fourth-order valence-electron chi connectivity index (χ4n) is 2.96. The number of halogens is 8. The third kappa shape index (κ3) is 7.00. The van der Waals surface area contributed by atoms with E-state index in [-0.39, 0.29) is 34.0 Å². The third-order valence-electron chi connectivity index (χ3n) is 4.28. The molecule has 0 aliphatic carbocycles. The normalized spacial score (nSPS) is 12.4. The van der Waals surface area contributed by atoms with E-state index in [2.05, 4.69) is 0 Å². The minimum absolute atomic E-state index is 0.0770. The van der Waals surface area contributed by atoms with Crippen LogP contribution in [-0.2, 0) is 25.2 Å². The van der Waals surface area contributed by atoms with Crippen LogP contribution >= 0.6 is 35.0 Å². The molecule has 0 fully saturated rings. The first-order chi connectivity index (χ1) is 13.5. The van der Waals surface area contributed by atoms with Crippen LogP contribution in [0.25, 0.3) is 0 Å². The fraction of sp³-hybridized carbons (Fsp3) is 0.400. The van der Waals surface area contributed by atoms with Crippen molar-refractivity contribution in [2.75, 3.05) is 11.5 Å². The lowest BCUT2D eigenvalue weighted by atomic mass is 10.0. The van der Waals surface area contributed by atoms with E-state index in [0.29, 0.717) is 24.3 Å². The van der Waals surface area contributed by atoms with E-state index in [4.69, 9.17) is 23.2 Å². The van der Waals surface area contributed by atoms with Crippen LogP contribution in [0.4, 0.5) is 26.3 Å². The van der Waals surface area contributed by atoms with Crippen LogP contribution in [0, 0.1) is 0 Å². The minimum Gasteiger partial charge on any atom is -0.166 e. The van der Waals surface area contributed by atoms with Crippen LogP contribution in [0.15, 0.2) is 36.4 Å². The Hall–Kier alpha value is -1.05. The largest absolute Gasteiger partial charge is 0.416 e. The Morgan fingerprint density at radius 3 is 1.38 bits per heavy atom. The molecule has 0 radical (unpaired) electrons. The molecule has 0 heterocycles. The molecule has 2 aromatic carbocycles. The quantitative estimate of drug-likeness (QED) is 0.273. The lowest BCUT2D eigenvalue weighted by molar-refractivity contribution is -0.139. The first-order valence-electron chi connectivity index (χ1n) is 8.78. The lowest BCUT2D eigenvalue weighted by Crippen LogP contribution is -2.10. The zero-order valence-electron chi connectivity index (χ0n) is 15.1. The maximum atomic E-state index is 13.1. The van der Waals surface area contributed by atoms with Crippen LogP contribution in [0.3, 0.4) is 0 Å². The zero-order chi connectivity index (χ0) is 21.7. The molecular formula is C20H18Cl2F6S. The van der Waals surface area contributed by atoms with Crippen molar-refractivity contribution >= 4 is 35.0 Å². The molecule has 0 amide bonds. The number of hydrogen-bond donors (Lipinski definition) is 0. The van der Waals surface area contributed by atoms with Gasteiger partial charge in [0.25, 0.3) is 0 Å². The van der Waals surface area contributed by atoms with Crippen LogP contribution in [0.5, 0.6) is 0 Å². The SMILES string of the molecule is FC(F)(F)c1cccc(Cl)c1CCCSCCCc1c(Cl)cccc1C(F)(F)F. The van der Waals surface area contributed by atoms with Gasteiger partial charge in [-0.15, -0.1) is 0 Å². The molecule has 0 N–H and O–H groups in total. The van der Waals surface area contributed by atoms with Crippen LogP contribution in [-0.4, -0.2) is 11.5 Å². The Labute approximate surface area is 179 Å². The number of hydrogen-bond acceptors (Lipinski definition) is 1. The molecule has 9 heteroatoms. The fourth-order valence-corrected chi connectivity index (χ4v) is 4.40. The molecular weight excluding hydrogens is 457 g/mol. The van der Waals surface area contributed by atoms with Gasteiger partial charge in [0.2, 0.25) is 0 Å². The molecule has 2 rings (SSSR count). The number of alkyl halides is 6. The molecule has 0 saturated carbocycles. The van der Waals surface area contributed by atoms with Crippen molar-refractivity contribution in [1.29, 1.82) is 0 Å².